The van der Waals surface area contributed by atoms with Crippen LogP contribution in [0, 0.1) is 11.3 Å². The van der Waals surface area contributed by atoms with Gasteiger partial charge in [-0.25, -0.2) is 4.68 Å². The standard InChI is InChI=1S/C25H30N4O4/c1-16(14-25(2,3)4)12-22(30)26-18-7-9-19(10-8-18)29-23(27-24(28-29)31-5)17-6-11-20-21(13-17)33-15-32-20/h6-11,13,16H,12,14-15H2,1-5H3,(H,26,30). The Morgan fingerprint density at radius 1 is 1.15 bits per heavy atom. The molecule has 2 heterocycles. The number of hydrogen-bond acceptors (Lipinski definition) is 6. The number of anilines is 1. The summed E-state index contributed by atoms with van der Waals surface area (Å²) in [5, 5.41) is 7.45. The number of carbonyl (C=O) groups is 1. The average Bonchev–Trinajstić information content (AvgIpc) is 3.39. The van der Waals surface area contributed by atoms with Crippen LogP contribution in [0.3, 0.4) is 0 Å². The van der Waals surface area contributed by atoms with Crippen molar-refractivity contribution in [3.8, 4) is 34.6 Å². The van der Waals surface area contributed by atoms with Crippen molar-refractivity contribution in [2.75, 3.05) is 19.2 Å². The number of fused-ring (bicyclic) bond motifs is 1. The molecule has 1 aromatic heterocycles. The highest BCUT2D eigenvalue weighted by Gasteiger charge is 2.20. The summed E-state index contributed by atoms with van der Waals surface area (Å²) in [6, 6.07) is 13.4. The van der Waals surface area contributed by atoms with Gasteiger partial charge >= 0.3 is 6.01 Å². The third-order valence-corrected chi connectivity index (χ3v) is 5.29. The molecule has 1 unspecified atom stereocenters. The lowest BCUT2D eigenvalue weighted by Crippen LogP contribution is -2.18. The molecule has 1 aliphatic rings. The van der Waals surface area contributed by atoms with Crippen molar-refractivity contribution in [2.45, 2.75) is 40.5 Å². The number of hydrogen-bond donors (Lipinski definition) is 1. The molecule has 0 saturated heterocycles. The summed E-state index contributed by atoms with van der Waals surface area (Å²) in [5.74, 6) is 2.31. The van der Waals surface area contributed by atoms with E-state index < -0.39 is 0 Å². The van der Waals surface area contributed by atoms with Gasteiger partial charge in [-0.15, -0.1) is 5.10 Å². The Bertz CT molecular complexity index is 1130. The van der Waals surface area contributed by atoms with Gasteiger partial charge < -0.3 is 19.5 Å². The minimum atomic E-state index is 0.0166. The number of methoxy groups -OCH3 is 1. The molecule has 33 heavy (non-hydrogen) atoms. The van der Waals surface area contributed by atoms with Crippen molar-refractivity contribution in [3.63, 3.8) is 0 Å². The molecule has 2 aromatic carbocycles. The van der Waals surface area contributed by atoms with E-state index in [9.17, 15) is 4.79 Å². The van der Waals surface area contributed by atoms with Crippen molar-refractivity contribution in [1.29, 1.82) is 0 Å². The molecule has 1 atom stereocenters. The summed E-state index contributed by atoms with van der Waals surface area (Å²) in [4.78, 5) is 17.0. The zero-order valence-corrected chi connectivity index (χ0v) is 19.7. The molecule has 1 amide bonds. The zero-order valence-electron chi connectivity index (χ0n) is 19.7. The third-order valence-electron chi connectivity index (χ3n) is 5.29. The van der Waals surface area contributed by atoms with E-state index in [2.05, 4.69) is 43.1 Å². The normalized spacial score (nSPS) is 13.6. The quantitative estimate of drug-likeness (QED) is 0.541. The number of rotatable bonds is 7. The van der Waals surface area contributed by atoms with Crippen molar-refractivity contribution in [1.82, 2.24) is 14.8 Å². The molecule has 0 bridgehead atoms. The zero-order chi connectivity index (χ0) is 23.6. The van der Waals surface area contributed by atoms with Crippen LogP contribution in [0.25, 0.3) is 17.1 Å². The number of nitrogens with one attached hydrogen (secondary N) is 1. The Morgan fingerprint density at radius 3 is 2.58 bits per heavy atom. The molecule has 0 spiro atoms. The molecular formula is C25H30N4O4. The highest BCUT2D eigenvalue weighted by molar-refractivity contribution is 5.90. The maximum atomic E-state index is 12.5. The molecular weight excluding hydrogens is 420 g/mol. The fourth-order valence-electron chi connectivity index (χ4n) is 4.11. The SMILES string of the molecule is COc1nc(-c2ccc3c(c2)OCO3)n(-c2ccc(NC(=O)CC(C)CC(C)(C)C)cc2)n1. The first-order chi connectivity index (χ1) is 15.7. The highest BCUT2D eigenvalue weighted by atomic mass is 16.7. The summed E-state index contributed by atoms with van der Waals surface area (Å²) < 4.78 is 17.9. The van der Waals surface area contributed by atoms with Gasteiger partial charge in [0.2, 0.25) is 12.7 Å². The molecule has 1 aliphatic heterocycles. The van der Waals surface area contributed by atoms with Crippen LogP contribution in [0.15, 0.2) is 42.5 Å². The molecule has 0 saturated carbocycles. The van der Waals surface area contributed by atoms with Gasteiger partial charge in [-0.05, 0) is 60.2 Å². The Morgan fingerprint density at radius 2 is 1.88 bits per heavy atom. The van der Waals surface area contributed by atoms with Crippen LogP contribution in [0.4, 0.5) is 5.69 Å². The van der Waals surface area contributed by atoms with Crippen LogP contribution >= 0.6 is 0 Å². The maximum absolute atomic E-state index is 12.5. The maximum Gasteiger partial charge on any atom is 0.336 e. The number of nitrogens with zero attached hydrogens (tertiary/aromatic N) is 3. The fourth-order valence-corrected chi connectivity index (χ4v) is 4.11. The minimum absolute atomic E-state index is 0.0166. The summed E-state index contributed by atoms with van der Waals surface area (Å²) in [7, 11) is 1.53. The van der Waals surface area contributed by atoms with Crippen LogP contribution < -0.4 is 19.5 Å². The van der Waals surface area contributed by atoms with Crippen LogP contribution in [-0.4, -0.2) is 34.6 Å². The van der Waals surface area contributed by atoms with Crippen LogP contribution in [0.1, 0.15) is 40.5 Å². The predicted octanol–water partition coefficient (Wildman–Crippen LogP) is 5.07. The monoisotopic (exact) mass is 450 g/mol. The number of carbonyl (C=O) groups excluding carboxylic acids is 1. The largest absolute Gasteiger partial charge is 0.466 e. The van der Waals surface area contributed by atoms with Gasteiger partial charge in [-0.1, -0.05) is 27.7 Å². The van der Waals surface area contributed by atoms with E-state index in [1.54, 1.807) is 4.68 Å². The molecule has 8 heteroatoms. The van der Waals surface area contributed by atoms with Gasteiger partial charge in [-0.2, -0.15) is 4.98 Å². The Labute approximate surface area is 193 Å². The van der Waals surface area contributed by atoms with E-state index in [4.69, 9.17) is 14.2 Å². The Balaban J connectivity index is 1.51. The molecule has 3 aromatic rings. The number of amides is 1. The second kappa shape index (κ2) is 9.13. The van der Waals surface area contributed by atoms with E-state index in [0.717, 1.165) is 23.4 Å². The van der Waals surface area contributed by atoms with Crippen molar-refractivity contribution >= 4 is 11.6 Å². The average molecular weight is 451 g/mol. The van der Waals surface area contributed by atoms with E-state index in [-0.39, 0.29) is 24.1 Å². The summed E-state index contributed by atoms with van der Waals surface area (Å²) in [5.41, 5.74) is 2.55. The van der Waals surface area contributed by atoms with Gasteiger partial charge in [0, 0.05) is 17.7 Å². The van der Waals surface area contributed by atoms with Gasteiger partial charge in [0.05, 0.1) is 12.8 Å². The summed E-state index contributed by atoms with van der Waals surface area (Å²) in [6.45, 7) is 8.89. The molecule has 174 valence electrons. The van der Waals surface area contributed by atoms with E-state index >= 15 is 0 Å². The molecule has 0 radical (unpaired) electrons. The van der Waals surface area contributed by atoms with Crippen molar-refractivity contribution < 1.29 is 19.0 Å². The first-order valence-electron chi connectivity index (χ1n) is 11.0. The number of benzene rings is 2. The smallest absolute Gasteiger partial charge is 0.336 e. The van der Waals surface area contributed by atoms with Crippen LogP contribution in [0.5, 0.6) is 17.5 Å². The molecule has 1 N–H and O–H groups in total. The summed E-state index contributed by atoms with van der Waals surface area (Å²) >= 11 is 0. The Kier molecular flexibility index (Phi) is 6.26. The van der Waals surface area contributed by atoms with E-state index in [1.165, 1.54) is 7.11 Å². The highest BCUT2D eigenvalue weighted by Crippen LogP contribution is 2.36. The number of aromatic nitrogens is 3. The molecule has 8 nitrogen and oxygen atoms in total. The summed E-state index contributed by atoms with van der Waals surface area (Å²) in [6.07, 6.45) is 1.49. The lowest BCUT2D eigenvalue weighted by Gasteiger charge is -2.22. The van der Waals surface area contributed by atoms with Crippen molar-refractivity contribution in [2.24, 2.45) is 11.3 Å². The lowest BCUT2D eigenvalue weighted by molar-refractivity contribution is -0.117. The van der Waals surface area contributed by atoms with Gasteiger partial charge in [0.25, 0.3) is 0 Å². The second-order valence-corrected chi connectivity index (χ2v) is 9.57. The fraction of sp³-hybridized carbons (Fsp3) is 0.400. The number of ether oxygens (including phenoxy) is 3. The topological polar surface area (TPSA) is 87.5 Å². The van der Waals surface area contributed by atoms with Crippen LogP contribution in [0.2, 0.25) is 0 Å². The first kappa shape index (κ1) is 22.6. The molecule has 0 aliphatic carbocycles. The lowest BCUT2D eigenvalue weighted by atomic mass is 9.84. The van der Waals surface area contributed by atoms with Gasteiger partial charge in [0.1, 0.15) is 0 Å². The van der Waals surface area contributed by atoms with Gasteiger partial charge in [-0.3, -0.25) is 4.79 Å². The molecule has 0 fully saturated rings. The molecule has 4 rings (SSSR count). The first-order valence-corrected chi connectivity index (χ1v) is 11.0. The second-order valence-electron chi connectivity index (χ2n) is 9.57. The minimum Gasteiger partial charge on any atom is -0.466 e. The predicted molar refractivity (Wildman–Crippen MR) is 126 cm³/mol. The Hall–Kier alpha value is -3.55. The van der Waals surface area contributed by atoms with E-state index in [0.29, 0.717) is 29.7 Å². The van der Waals surface area contributed by atoms with Crippen molar-refractivity contribution in [3.05, 3.63) is 42.5 Å². The van der Waals surface area contributed by atoms with Crippen LogP contribution in [-0.2, 0) is 4.79 Å². The third kappa shape index (κ3) is 5.45. The van der Waals surface area contributed by atoms with E-state index in [1.807, 2.05) is 42.5 Å². The van der Waals surface area contributed by atoms with Gasteiger partial charge in [0.15, 0.2) is 17.3 Å².